The predicted octanol–water partition coefficient (Wildman–Crippen LogP) is 1.85. The Morgan fingerprint density at radius 1 is 1.17 bits per heavy atom. The number of methoxy groups -OCH3 is 2. The van der Waals surface area contributed by atoms with Gasteiger partial charge in [-0.3, -0.25) is 9.59 Å². The number of nitrogens with one attached hydrogen (secondary N) is 2. The van der Waals surface area contributed by atoms with E-state index in [0.29, 0.717) is 17.2 Å². The summed E-state index contributed by atoms with van der Waals surface area (Å²) in [4.78, 5) is 24.5. The summed E-state index contributed by atoms with van der Waals surface area (Å²) in [6.45, 7) is 0. The number of amides is 2. The van der Waals surface area contributed by atoms with E-state index in [0.717, 1.165) is 4.88 Å². The van der Waals surface area contributed by atoms with Crippen molar-refractivity contribution in [2.24, 2.45) is 5.10 Å². The fraction of sp³-hybridized carbons (Fsp3) is 0.133. The van der Waals surface area contributed by atoms with Crippen molar-refractivity contribution in [2.75, 3.05) is 19.5 Å². The van der Waals surface area contributed by atoms with Crippen LogP contribution in [0.25, 0.3) is 0 Å². The summed E-state index contributed by atoms with van der Waals surface area (Å²) in [5, 5.41) is 8.05. The van der Waals surface area contributed by atoms with E-state index < -0.39 is 11.8 Å². The second kappa shape index (κ2) is 7.95. The van der Waals surface area contributed by atoms with Crippen molar-refractivity contribution in [3.8, 4) is 11.5 Å². The van der Waals surface area contributed by atoms with Crippen molar-refractivity contribution in [1.29, 1.82) is 0 Å². The maximum atomic E-state index is 11.9. The summed E-state index contributed by atoms with van der Waals surface area (Å²) in [7, 11) is 2.96. The molecule has 7 nitrogen and oxygen atoms in total. The quantitative estimate of drug-likeness (QED) is 0.496. The van der Waals surface area contributed by atoms with Crippen LogP contribution < -0.4 is 20.2 Å². The maximum absolute atomic E-state index is 11.9. The van der Waals surface area contributed by atoms with Gasteiger partial charge in [0.25, 0.3) is 0 Å². The van der Waals surface area contributed by atoms with Gasteiger partial charge in [0.2, 0.25) is 0 Å². The van der Waals surface area contributed by atoms with Crippen LogP contribution in [0.4, 0.5) is 5.69 Å². The summed E-state index contributed by atoms with van der Waals surface area (Å²) in [5.41, 5.74) is 2.49. The maximum Gasteiger partial charge on any atom is 0.329 e. The zero-order chi connectivity index (χ0) is 16.7. The van der Waals surface area contributed by atoms with Gasteiger partial charge in [-0.2, -0.15) is 5.10 Å². The second-order valence-corrected chi connectivity index (χ2v) is 5.21. The Morgan fingerprint density at radius 2 is 2.00 bits per heavy atom. The van der Waals surface area contributed by atoms with E-state index in [2.05, 4.69) is 15.8 Å². The summed E-state index contributed by atoms with van der Waals surface area (Å²) >= 11 is 1.46. The number of hydrogen-bond acceptors (Lipinski definition) is 6. The van der Waals surface area contributed by atoms with Gasteiger partial charge in [0.05, 0.1) is 26.1 Å². The fourth-order valence-corrected chi connectivity index (χ4v) is 2.25. The largest absolute Gasteiger partial charge is 0.497 e. The third kappa shape index (κ3) is 4.55. The highest BCUT2D eigenvalue weighted by atomic mass is 32.1. The zero-order valence-corrected chi connectivity index (χ0v) is 13.3. The first-order valence-electron chi connectivity index (χ1n) is 6.54. The summed E-state index contributed by atoms with van der Waals surface area (Å²) < 4.78 is 10.2. The Morgan fingerprint density at radius 3 is 2.65 bits per heavy atom. The highest BCUT2D eigenvalue weighted by Crippen LogP contribution is 2.28. The Hall–Kier alpha value is -2.87. The van der Waals surface area contributed by atoms with E-state index in [1.807, 2.05) is 17.5 Å². The average molecular weight is 333 g/mol. The molecule has 2 rings (SSSR count). The van der Waals surface area contributed by atoms with E-state index in [4.69, 9.17) is 9.47 Å². The van der Waals surface area contributed by atoms with Gasteiger partial charge in [-0.25, -0.2) is 5.43 Å². The first-order valence-corrected chi connectivity index (χ1v) is 7.42. The van der Waals surface area contributed by atoms with Gasteiger partial charge >= 0.3 is 11.8 Å². The van der Waals surface area contributed by atoms with E-state index in [-0.39, 0.29) is 0 Å². The molecule has 1 aromatic heterocycles. The molecule has 0 bridgehead atoms. The standard InChI is InChI=1S/C15H15N3O4S/c1-21-10-5-6-13(22-2)12(8-10)17-14(19)15(20)18-16-9-11-4-3-7-23-11/h3-9H,1-2H3,(H,17,19)(H,18,20)/b16-9-. The van der Waals surface area contributed by atoms with Crippen LogP contribution in [-0.4, -0.2) is 32.2 Å². The van der Waals surface area contributed by atoms with Crippen LogP contribution >= 0.6 is 11.3 Å². The molecule has 0 aliphatic rings. The monoisotopic (exact) mass is 333 g/mol. The third-order valence-corrected chi connectivity index (χ3v) is 3.57. The molecular weight excluding hydrogens is 318 g/mol. The van der Waals surface area contributed by atoms with Crippen molar-refractivity contribution in [3.05, 3.63) is 40.6 Å². The van der Waals surface area contributed by atoms with Crippen molar-refractivity contribution >= 4 is 35.1 Å². The van der Waals surface area contributed by atoms with E-state index in [9.17, 15) is 9.59 Å². The molecule has 0 saturated carbocycles. The van der Waals surface area contributed by atoms with Crippen molar-refractivity contribution in [2.45, 2.75) is 0 Å². The molecule has 0 unspecified atom stereocenters. The Bertz CT molecular complexity index is 714. The molecule has 1 aromatic carbocycles. The Kier molecular flexibility index (Phi) is 5.70. The van der Waals surface area contributed by atoms with Gasteiger partial charge in [-0.1, -0.05) is 6.07 Å². The van der Waals surface area contributed by atoms with Crippen molar-refractivity contribution in [3.63, 3.8) is 0 Å². The number of hydrazone groups is 1. The lowest BCUT2D eigenvalue weighted by atomic mass is 10.2. The molecular formula is C15H15N3O4S. The number of thiophene rings is 1. The minimum Gasteiger partial charge on any atom is -0.497 e. The van der Waals surface area contributed by atoms with Crippen LogP contribution in [0.1, 0.15) is 4.88 Å². The predicted molar refractivity (Wildman–Crippen MR) is 88.2 cm³/mol. The number of rotatable bonds is 5. The summed E-state index contributed by atoms with van der Waals surface area (Å²) in [6, 6.07) is 8.55. The van der Waals surface area contributed by atoms with Crippen LogP contribution in [0.15, 0.2) is 40.8 Å². The smallest absolute Gasteiger partial charge is 0.329 e. The normalized spacial score (nSPS) is 10.3. The van der Waals surface area contributed by atoms with E-state index in [1.54, 1.807) is 18.2 Å². The highest BCUT2D eigenvalue weighted by molar-refractivity contribution is 7.11. The molecule has 2 aromatic rings. The van der Waals surface area contributed by atoms with Gasteiger partial charge in [-0.15, -0.1) is 11.3 Å². The lowest BCUT2D eigenvalue weighted by Crippen LogP contribution is -2.32. The number of benzene rings is 1. The molecule has 0 aliphatic heterocycles. The van der Waals surface area contributed by atoms with E-state index in [1.165, 1.54) is 31.8 Å². The minimum atomic E-state index is -0.886. The van der Waals surface area contributed by atoms with Gasteiger partial charge in [0.1, 0.15) is 11.5 Å². The SMILES string of the molecule is COc1ccc(OC)c(NC(=O)C(=O)N/N=C\c2cccs2)c1. The van der Waals surface area contributed by atoms with Crippen LogP contribution in [0.2, 0.25) is 0 Å². The molecule has 120 valence electrons. The first kappa shape index (κ1) is 16.5. The summed E-state index contributed by atoms with van der Waals surface area (Å²) in [5.74, 6) is -0.811. The van der Waals surface area contributed by atoms with Gasteiger partial charge in [-0.05, 0) is 23.6 Å². The molecule has 2 amide bonds. The minimum absolute atomic E-state index is 0.328. The van der Waals surface area contributed by atoms with Crippen LogP contribution in [-0.2, 0) is 9.59 Å². The molecule has 0 saturated heterocycles. The number of carbonyl (C=O) groups is 2. The van der Waals surface area contributed by atoms with Crippen LogP contribution in [0.3, 0.4) is 0 Å². The molecule has 0 radical (unpaired) electrons. The second-order valence-electron chi connectivity index (χ2n) is 4.23. The van der Waals surface area contributed by atoms with Gasteiger partial charge in [0, 0.05) is 10.9 Å². The average Bonchev–Trinajstić information content (AvgIpc) is 3.08. The molecule has 0 atom stereocenters. The number of carbonyl (C=O) groups excluding carboxylic acids is 2. The molecule has 0 fully saturated rings. The molecule has 23 heavy (non-hydrogen) atoms. The lowest BCUT2D eigenvalue weighted by molar-refractivity contribution is -0.136. The molecule has 2 N–H and O–H groups in total. The van der Waals surface area contributed by atoms with Crippen LogP contribution in [0.5, 0.6) is 11.5 Å². The van der Waals surface area contributed by atoms with Gasteiger partial charge in [0.15, 0.2) is 0 Å². The molecule has 0 spiro atoms. The van der Waals surface area contributed by atoms with Crippen molar-refractivity contribution < 1.29 is 19.1 Å². The highest BCUT2D eigenvalue weighted by Gasteiger charge is 2.15. The number of anilines is 1. The van der Waals surface area contributed by atoms with Crippen LogP contribution in [0, 0.1) is 0 Å². The van der Waals surface area contributed by atoms with Gasteiger partial charge < -0.3 is 14.8 Å². The lowest BCUT2D eigenvalue weighted by Gasteiger charge is -2.10. The Balaban J connectivity index is 1.99. The number of hydrogen-bond donors (Lipinski definition) is 2. The van der Waals surface area contributed by atoms with E-state index >= 15 is 0 Å². The fourth-order valence-electron chi connectivity index (χ4n) is 1.66. The molecule has 1 heterocycles. The molecule has 0 aliphatic carbocycles. The summed E-state index contributed by atoms with van der Waals surface area (Å²) in [6.07, 6.45) is 1.46. The van der Waals surface area contributed by atoms with Crippen molar-refractivity contribution in [1.82, 2.24) is 5.43 Å². The zero-order valence-electron chi connectivity index (χ0n) is 12.5. The molecule has 8 heteroatoms. The third-order valence-electron chi connectivity index (χ3n) is 2.76. The number of nitrogens with zero attached hydrogens (tertiary/aromatic N) is 1. The Labute approximate surface area is 136 Å². The first-order chi connectivity index (χ1) is 11.1. The topological polar surface area (TPSA) is 89.0 Å². The number of ether oxygens (including phenoxy) is 2.